The lowest BCUT2D eigenvalue weighted by atomic mass is 10.2. The van der Waals surface area contributed by atoms with Gasteiger partial charge in [-0.3, -0.25) is 0 Å². The van der Waals surface area contributed by atoms with Crippen molar-refractivity contribution in [3.05, 3.63) is 65.7 Å². The van der Waals surface area contributed by atoms with Gasteiger partial charge >= 0.3 is 0 Å². The van der Waals surface area contributed by atoms with Crippen molar-refractivity contribution in [2.45, 2.75) is 6.54 Å². The van der Waals surface area contributed by atoms with Gasteiger partial charge in [-0.25, -0.2) is 5.84 Å². The van der Waals surface area contributed by atoms with E-state index in [1.54, 1.807) is 17.1 Å². The molecule has 0 atom stereocenters. The SMILES string of the molecule is N#Cc1ccc(N(N)Cc2ccccc2)cc1. The molecule has 0 amide bonds. The van der Waals surface area contributed by atoms with Crippen LogP contribution < -0.4 is 10.9 Å². The Hall–Kier alpha value is -2.31. The van der Waals surface area contributed by atoms with E-state index < -0.39 is 0 Å². The molecule has 17 heavy (non-hydrogen) atoms. The lowest BCUT2D eigenvalue weighted by Crippen LogP contribution is -2.29. The molecule has 0 aliphatic carbocycles. The van der Waals surface area contributed by atoms with Crippen molar-refractivity contribution >= 4 is 5.69 Å². The summed E-state index contributed by atoms with van der Waals surface area (Å²) in [5.74, 6) is 5.97. The van der Waals surface area contributed by atoms with Gasteiger partial charge in [0.2, 0.25) is 0 Å². The normalized spacial score (nSPS) is 9.65. The zero-order valence-electron chi connectivity index (χ0n) is 9.38. The van der Waals surface area contributed by atoms with E-state index >= 15 is 0 Å². The van der Waals surface area contributed by atoms with Crippen molar-refractivity contribution in [1.82, 2.24) is 0 Å². The molecule has 0 aromatic heterocycles. The fourth-order valence-electron chi connectivity index (χ4n) is 1.60. The molecule has 84 valence electrons. The molecule has 0 saturated heterocycles. The molecule has 0 heterocycles. The summed E-state index contributed by atoms with van der Waals surface area (Å²) < 4.78 is 0. The lowest BCUT2D eigenvalue weighted by molar-refractivity contribution is 0.853. The topological polar surface area (TPSA) is 53.0 Å². The quantitative estimate of drug-likeness (QED) is 0.642. The molecule has 2 N–H and O–H groups in total. The Labute approximate surface area is 101 Å². The number of benzene rings is 2. The molecule has 3 heteroatoms. The summed E-state index contributed by atoms with van der Waals surface area (Å²) in [6.45, 7) is 0.646. The maximum Gasteiger partial charge on any atom is 0.0991 e. The Morgan fingerprint density at radius 1 is 1.00 bits per heavy atom. The van der Waals surface area contributed by atoms with Gasteiger partial charge in [-0.2, -0.15) is 5.26 Å². The van der Waals surface area contributed by atoms with Gasteiger partial charge in [0.05, 0.1) is 23.9 Å². The molecule has 2 aromatic rings. The highest BCUT2D eigenvalue weighted by Gasteiger charge is 2.02. The number of nitrogens with zero attached hydrogens (tertiary/aromatic N) is 2. The predicted octanol–water partition coefficient (Wildman–Crippen LogP) is 2.44. The van der Waals surface area contributed by atoms with Crippen LogP contribution in [0.3, 0.4) is 0 Å². The van der Waals surface area contributed by atoms with Crippen molar-refractivity contribution in [3.8, 4) is 6.07 Å². The van der Waals surface area contributed by atoms with Crippen LogP contribution >= 0.6 is 0 Å². The summed E-state index contributed by atoms with van der Waals surface area (Å²) in [4.78, 5) is 0. The molecule has 0 bridgehead atoms. The molecule has 0 spiro atoms. The highest BCUT2D eigenvalue weighted by atomic mass is 15.4. The Morgan fingerprint density at radius 2 is 1.65 bits per heavy atom. The Bertz CT molecular complexity index is 511. The summed E-state index contributed by atoms with van der Waals surface area (Å²) in [5, 5.41) is 10.4. The van der Waals surface area contributed by atoms with Gasteiger partial charge in [0.1, 0.15) is 0 Å². The van der Waals surface area contributed by atoms with Crippen molar-refractivity contribution in [2.24, 2.45) is 5.84 Å². The third kappa shape index (κ3) is 2.83. The second-order valence-electron chi connectivity index (χ2n) is 3.77. The van der Waals surface area contributed by atoms with E-state index in [9.17, 15) is 0 Å². The van der Waals surface area contributed by atoms with Gasteiger partial charge in [-0.15, -0.1) is 0 Å². The van der Waals surface area contributed by atoms with E-state index in [1.807, 2.05) is 42.5 Å². The molecule has 0 radical (unpaired) electrons. The third-order valence-corrected chi connectivity index (χ3v) is 2.52. The summed E-state index contributed by atoms with van der Waals surface area (Å²) in [7, 11) is 0. The Kier molecular flexibility index (Phi) is 3.39. The Balaban J connectivity index is 2.10. The summed E-state index contributed by atoms with van der Waals surface area (Å²) >= 11 is 0. The molecule has 0 aliphatic heterocycles. The molecule has 2 rings (SSSR count). The van der Waals surface area contributed by atoms with Crippen LogP contribution in [0, 0.1) is 11.3 Å². The van der Waals surface area contributed by atoms with E-state index in [0.717, 1.165) is 11.3 Å². The number of nitrogens with two attached hydrogens (primary N) is 1. The first kappa shape index (κ1) is 11.2. The standard InChI is InChI=1S/C14H13N3/c15-10-12-6-8-14(9-7-12)17(16)11-13-4-2-1-3-5-13/h1-9H,11,16H2. The average molecular weight is 223 g/mol. The van der Waals surface area contributed by atoms with Crippen LogP contribution in [0.2, 0.25) is 0 Å². The van der Waals surface area contributed by atoms with Crippen molar-refractivity contribution in [2.75, 3.05) is 5.01 Å². The first-order valence-electron chi connectivity index (χ1n) is 5.36. The number of hydrogen-bond acceptors (Lipinski definition) is 3. The van der Waals surface area contributed by atoms with E-state index in [2.05, 4.69) is 6.07 Å². The number of hydrogen-bond donors (Lipinski definition) is 1. The second kappa shape index (κ2) is 5.15. The van der Waals surface area contributed by atoms with Crippen molar-refractivity contribution < 1.29 is 0 Å². The first-order valence-corrected chi connectivity index (χ1v) is 5.36. The molecule has 0 fully saturated rings. The predicted molar refractivity (Wildman–Crippen MR) is 68.0 cm³/mol. The fourth-order valence-corrected chi connectivity index (χ4v) is 1.60. The highest BCUT2D eigenvalue weighted by molar-refractivity contribution is 5.48. The zero-order chi connectivity index (χ0) is 12.1. The van der Waals surface area contributed by atoms with Crippen LogP contribution in [0.25, 0.3) is 0 Å². The molecule has 2 aromatic carbocycles. The Morgan fingerprint density at radius 3 is 2.24 bits per heavy atom. The molecular weight excluding hydrogens is 210 g/mol. The van der Waals surface area contributed by atoms with Crippen LogP contribution in [0.4, 0.5) is 5.69 Å². The van der Waals surface area contributed by atoms with Crippen LogP contribution in [0.1, 0.15) is 11.1 Å². The third-order valence-electron chi connectivity index (χ3n) is 2.52. The lowest BCUT2D eigenvalue weighted by Gasteiger charge is -2.18. The maximum absolute atomic E-state index is 8.71. The minimum atomic E-state index is 0.641. The average Bonchev–Trinajstić information content (AvgIpc) is 2.40. The minimum Gasteiger partial charge on any atom is -0.307 e. The van der Waals surface area contributed by atoms with E-state index in [1.165, 1.54) is 0 Å². The van der Waals surface area contributed by atoms with Gasteiger partial charge in [0.25, 0.3) is 0 Å². The van der Waals surface area contributed by atoms with Gasteiger partial charge in [-0.1, -0.05) is 30.3 Å². The van der Waals surface area contributed by atoms with Gasteiger partial charge in [0, 0.05) is 0 Å². The van der Waals surface area contributed by atoms with E-state index in [-0.39, 0.29) is 0 Å². The minimum absolute atomic E-state index is 0.641. The number of rotatable bonds is 3. The summed E-state index contributed by atoms with van der Waals surface area (Å²) in [5.41, 5.74) is 2.69. The number of anilines is 1. The van der Waals surface area contributed by atoms with Crippen molar-refractivity contribution in [1.29, 1.82) is 5.26 Å². The van der Waals surface area contributed by atoms with E-state index in [4.69, 9.17) is 11.1 Å². The summed E-state index contributed by atoms with van der Waals surface area (Å²) in [6, 6.07) is 19.3. The largest absolute Gasteiger partial charge is 0.307 e. The van der Waals surface area contributed by atoms with Gasteiger partial charge in [-0.05, 0) is 29.8 Å². The molecule has 3 nitrogen and oxygen atoms in total. The van der Waals surface area contributed by atoms with Gasteiger partial charge < -0.3 is 5.01 Å². The molecular formula is C14H13N3. The number of hydrazine groups is 1. The van der Waals surface area contributed by atoms with Gasteiger partial charge in [0.15, 0.2) is 0 Å². The van der Waals surface area contributed by atoms with Crippen molar-refractivity contribution in [3.63, 3.8) is 0 Å². The molecule has 0 unspecified atom stereocenters. The first-order chi connectivity index (χ1) is 8.29. The smallest absolute Gasteiger partial charge is 0.0991 e. The number of nitriles is 1. The molecule has 0 aliphatic rings. The van der Waals surface area contributed by atoms with Crippen LogP contribution in [0.5, 0.6) is 0 Å². The van der Waals surface area contributed by atoms with Crippen LogP contribution in [0.15, 0.2) is 54.6 Å². The zero-order valence-corrected chi connectivity index (χ0v) is 9.38. The van der Waals surface area contributed by atoms with Crippen LogP contribution in [-0.4, -0.2) is 0 Å². The second-order valence-corrected chi connectivity index (χ2v) is 3.77. The van der Waals surface area contributed by atoms with E-state index in [0.29, 0.717) is 12.1 Å². The molecule has 0 saturated carbocycles. The maximum atomic E-state index is 8.71. The summed E-state index contributed by atoms with van der Waals surface area (Å²) in [6.07, 6.45) is 0. The highest BCUT2D eigenvalue weighted by Crippen LogP contribution is 2.14. The van der Waals surface area contributed by atoms with Crippen LogP contribution in [-0.2, 0) is 6.54 Å². The monoisotopic (exact) mass is 223 g/mol. The fraction of sp³-hybridized carbons (Fsp3) is 0.0714.